The second-order valence-electron chi connectivity index (χ2n) is 5.24. The fourth-order valence-electron chi connectivity index (χ4n) is 1.47. The summed E-state index contributed by atoms with van der Waals surface area (Å²) in [6.07, 6.45) is 0. The zero-order valence-corrected chi connectivity index (χ0v) is 12.7. The number of rotatable bonds is 2. The molecule has 2 aromatic rings. The van der Waals surface area contributed by atoms with Crippen molar-refractivity contribution in [3.8, 4) is 11.6 Å². The van der Waals surface area contributed by atoms with Gasteiger partial charge in [-0.15, -0.1) is 0 Å². The zero-order valence-electron chi connectivity index (χ0n) is 11.1. The number of hydrogen-bond donors (Lipinski definition) is 1. The Morgan fingerprint density at radius 1 is 1.16 bits per heavy atom. The predicted octanol–water partition coefficient (Wildman–Crippen LogP) is 3.91. The number of nitrogens with zero attached hydrogens (tertiary/aromatic N) is 2. The Morgan fingerprint density at radius 2 is 1.84 bits per heavy atom. The minimum atomic E-state index is -0.179. The van der Waals surface area contributed by atoms with Crippen molar-refractivity contribution in [2.45, 2.75) is 26.2 Å². The first kappa shape index (κ1) is 13.8. The van der Waals surface area contributed by atoms with Crippen LogP contribution in [0.5, 0.6) is 11.6 Å². The lowest BCUT2D eigenvalue weighted by Crippen LogP contribution is -2.17. The number of benzene rings is 1. The van der Waals surface area contributed by atoms with Gasteiger partial charge in [-0.05, 0) is 28.1 Å². The van der Waals surface area contributed by atoms with Crippen molar-refractivity contribution in [2.24, 2.45) is 0 Å². The average Bonchev–Trinajstić information content (AvgIpc) is 2.30. The van der Waals surface area contributed by atoms with Gasteiger partial charge in [-0.25, -0.2) is 4.98 Å². The third-order valence-electron chi connectivity index (χ3n) is 2.44. The maximum absolute atomic E-state index is 5.80. The molecule has 0 unspecified atom stereocenters. The highest BCUT2D eigenvalue weighted by Gasteiger charge is 2.19. The van der Waals surface area contributed by atoms with Crippen LogP contribution in [0.2, 0.25) is 0 Å². The van der Waals surface area contributed by atoms with Crippen molar-refractivity contribution in [1.29, 1.82) is 0 Å². The van der Waals surface area contributed by atoms with E-state index in [2.05, 4.69) is 25.9 Å². The molecule has 1 aromatic carbocycles. The molecule has 2 N–H and O–H groups in total. The lowest BCUT2D eigenvalue weighted by Gasteiger charge is -2.17. The number of nitrogens with two attached hydrogens (primary N) is 1. The summed E-state index contributed by atoms with van der Waals surface area (Å²) in [6.45, 7) is 6.10. The molecule has 0 aliphatic carbocycles. The minimum Gasteiger partial charge on any atom is -0.438 e. The van der Waals surface area contributed by atoms with Crippen molar-refractivity contribution in [1.82, 2.24) is 9.97 Å². The highest BCUT2D eigenvalue weighted by molar-refractivity contribution is 9.10. The monoisotopic (exact) mass is 321 g/mol. The van der Waals surface area contributed by atoms with Gasteiger partial charge in [0.15, 0.2) is 0 Å². The fraction of sp³-hybridized carbons (Fsp3) is 0.286. The van der Waals surface area contributed by atoms with Crippen molar-refractivity contribution in [3.05, 3.63) is 40.6 Å². The Bertz CT molecular complexity index is 593. The Morgan fingerprint density at radius 3 is 2.47 bits per heavy atom. The van der Waals surface area contributed by atoms with Gasteiger partial charge in [-0.2, -0.15) is 4.98 Å². The van der Waals surface area contributed by atoms with Crippen LogP contribution in [0.1, 0.15) is 26.6 Å². The molecule has 0 amide bonds. The van der Waals surface area contributed by atoms with Crippen LogP contribution in [0.25, 0.3) is 0 Å². The van der Waals surface area contributed by atoms with Gasteiger partial charge in [0.25, 0.3) is 0 Å². The Balaban J connectivity index is 2.36. The van der Waals surface area contributed by atoms with Gasteiger partial charge in [0, 0.05) is 11.5 Å². The number of ether oxygens (including phenoxy) is 1. The molecule has 1 heterocycles. The maximum Gasteiger partial charge on any atom is 0.224 e. The molecular weight excluding hydrogens is 306 g/mol. The average molecular weight is 322 g/mol. The van der Waals surface area contributed by atoms with Crippen LogP contribution in [0.15, 0.2) is 34.8 Å². The molecule has 100 valence electrons. The summed E-state index contributed by atoms with van der Waals surface area (Å²) in [5, 5.41) is 0. The van der Waals surface area contributed by atoms with E-state index in [0.717, 1.165) is 4.47 Å². The summed E-state index contributed by atoms with van der Waals surface area (Å²) in [6, 6.07) is 9.21. The summed E-state index contributed by atoms with van der Waals surface area (Å²) in [5.41, 5.74) is 5.63. The molecular formula is C14H16BrN3O. The first-order valence-electron chi connectivity index (χ1n) is 5.94. The van der Waals surface area contributed by atoms with Crippen LogP contribution in [-0.2, 0) is 5.41 Å². The van der Waals surface area contributed by atoms with Crippen molar-refractivity contribution in [2.75, 3.05) is 5.73 Å². The summed E-state index contributed by atoms with van der Waals surface area (Å²) in [5.74, 6) is 2.21. The molecule has 0 saturated carbocycles. The Kier molecular flexibility index (Phi) is 3.75. The number of aromatic nitrogens is 2. The summed E-state index contributed by atoms with van der Waals surface area (Å²) >= 11 is 3.43. The SMILES string of the molecule is CC(C)(C)c1nc(N)cc(Oc2ccccc2Br)n1. The number of anilines is 1. The van der Waals surface area contributed by atoms with Gasteiger partial charge >= 0.3 is 0 Å². The molecule has 0 radical (unpaired) electrons. The first-order chi connectivity index (χ1) is 8.86. The van der Waals surface area contributed by atoms with E-state index < -0.39 is 0 Å². The highest BCUT2D eigenvalue weighted by Crippen LogP contribution is 2.30. The Hall–Kier alpha value is -1.62. The van der Waals surface area contributed by atoms with Gasteiger partial charge < -0.3 is 10.5 Å². The third-order valence-corrected chi connectivity index (χ3v) is 3.10. The predicted molar refractivity (Wildman–Crippen MR) is 79.4 cm³/mol. The maximum atomic E-state index is 5.80. The van der Waals surface area contributed by atoms with E-state index in [1.54, 1.807) is 6.07 Å². The molecule has 0 fully saturated rings. The van der Waals surface area contributed by atoms with Crippen LogP contribution in [0.3, 0.4) is 0 Å². The number of hydrogen-bond acceptors (Lipinski definition) is 4. The normalized spacial score (nSPS) is 11.4. The van der Waals surface area contributed by atoms with Crippen LogP contribution in [-0.4, -0.2) is 9.97 Å². The number of para-hydroxylation sites is 1. The number of nitrogen functional groups attached to an aromatic ring is 1. The highest BCUT2D eigenvalue weighted by atomic mass is 79.9. The molecule has 0 atom stereocenters. The summed E-state index contributed by atoms with van der Waals surface area (Å²) < 4.78 is 6.61. The van der Waals surface area contributed by atoms with Gasteiger partial charge in [-0.3, -0.25) is 0 Å². The Labute approximate surface area is 121 Å². The van der Waals surface area contributed by atoms with E-state index in [0.29, 0.717) is 23.3 Å². The van der Waals surface area contributed by atoms with E-state index in [-0.39, 0.29) is 5.41 Å². The minimum absolute atomic E-state index is 0.179. The van der Waals surface area contributed by atoms with Gasteiger partial charge in [0.2, 0.25) is 5.88 Å². The lowest BCUT2D eigenvalue weighted by atomic mass is 9.96. The lowest BCUT2D eigenvalue weighted by molar-refractivity contribution is 0.444. The molecule has 0 aliphatic heterocycles. The van der Waals surface area contributed by atoms with E-state index >= 15 is 0 Å². The molecule has 19 heavy (non-hydrogen) atoms. The van der Waals surface area contributed by atoms with Crippen LogP contribution >= 0.6 is 15.9 Å². The van der Waals surface area contributed by atoms with Gasteiger partial charge in [-0.1, -0.05) is 32.9 Å². The molecule has 0 aliphatic rings. The zero-order chi connectivity index (χ0) is 14.0. The van der Waals surface area contributed by atoms with Gasteiger partial charge in [0.05, 0.1) is 4.47 Å². The summed E-state index contributed by atoms with van der Waals surface area (Å²) in [4.78, 5) is 8.65. The molecule has 0 bridgehead atoms. The van der Waals surface area contributed by atoms with Crippen LogP contribution < -0.4 is 10.5 Å². The quantitative estimate of drug-likeness (QED) is 0.910. The van der Waals surface area contributed by atoms with Crippen molar-refractivity contribution >= 4 is 21.7 Å². The molecule has 1 aromatic heterocycles. The van der Waals surface area contributed by atoms with Crippen LogP contribution in [0, 0.1) is 0 Å². The third kappa shape index (κ3) is 3.44. The molecule has 5 heteroatoms. The summed E-state index contributed by atoms with van der Waals surface area (Å²) in [7, 11) is 0. The van der Waals surface area contributed by atoms with E-state index in [4.69, 9.17) is 10.5 Å². The van der Waals surface area contributed by atoms with Crippen molar-refractivity contribution < 1.29 is 4.74 Å². The van der Waals surface area contributed by atoms with E-state index in [1.807, 2.05) is 45.0 Å². The van der Waals surface area contributed by atoms with Crippen molar-refractivity contribution in [3.63, 3.8) is 0 Å². The fourth-order valence-corrected chi connectivity index (χ4v) is 1.84. The van der Waals surface area contributed by atoms with Crippen LogP contribution in [0.4, 0.5) is 5.82 Å². The number of halogens is 1. The molecule has 0 spiro atoms. The molecule has 0 saturated heterocycles. The first-order valence-corrected chi connectivity index (χ1v) is 6.73. The van der Waals surface area contributed by atoms with E-state index in [9.17, 15) is 0 Å². The standard InChI is InChI=1S/C14H16BrN3O/c1-14(2,3)13-17-11(16)8-12(18-13)19-10-7-5-4-6-9(10)15/h4-8H,1-3H3,(H2,16,17,18). The van der Waals surface area contributed by atoms with E-state index in [1.165, 1.54) is 0 Å². The largest absolute Gasteiger partial charge is 0.438 e. The second-order valence-corrected chi connectivity index (χ2v) is 6.09. The smallest absolute Gasteiger partial charge is 0.224 e. The van der Waals surface area contributed by atoms with Gasteiger partial charge in [0.1, 0.15) is 17.4 Å². The second kappa shape index (κ2) is 5.17. The topological polar surface area (TPSA) is 61.0 Å². The molecule has 2 rings (SSSR count). The molecule has 4 nitrogen and oxygen atoms in total.